The number of methoxy groups -OCH3 is 3. The van der Waals surface area contributed by atoms with Gasteiger partial charge in [0.2, 0.25) is 0 Å². The number of rotatable bonds is 7. The minimum absolute atomic E-state index is 0.115. The Morgan fingerprint density at radius 2 is 1.45 bits per heavy atom. The Morgan fingerprint density at radius 3 is 2.12 bits per heavy atom. The Kier molecular flexibility index (Phi) is 6.54. The lowest BCUT2D eigenvalue weighted by atomic mass is 10.1. The highest BCUT2D eigenvalue weighted by molar-refractivity contribution is 5.80. The average Bonchev–Trinajstić information content (AvgIpc) is 2.84. The molecule has 0 aliphatic heterocycles. The van der Waals surface area contributed by atoms with Crippen molar-refractivity contribution < 1.29 is 23.4 Å². The molecule has 0 bridgehead atoms. The van der Waals surface area contributed by atoms with Crippen LogP contribution in [0.1, 0.15) is 13.8 Å². The molecule has 170 valence electrons. The van der Waals surface area contributed by atoms with E-state index in [0.717, 1.165) is 33.5 Å². The van der Waals surface area contributed by atoms with Crippen LogP contribution in [0.25, 0.3) is 22.3 Å². The van der Waals surface area contributed by atoms with E-state index in [-0.39, 0.29) is 6.10 Å². The molecule has 0 fully saturated rings. The summed E-state index contributed by atoms with van der Waals surface area (Å²) in [7, 11) is 4.86. The lowest BCUT2D eigenvalue weighted by Crippen LogP contribution is -2.05. The van der Waals surface area contributed by atoms with Gasteiger partial charge in [0.15, 0.2) is 11.5 Å². The molecule has 0 saturated carbocycles. The molecule has 3 aromatic carbocycles. The second-order valence-corrected chi connectivity index (χ2v) is 7.70. The van der Waals surface area contributed by atoms with E-state index < -0.39 is 0 Å². The Morgan fingerprint density at radius 1 is 0.727 bits per heavy atom. The number of benzene rings is 3. The van der Waals surface area contributed by atoms with Gasteiger partial charge in [0.25, 0.3) is 0 Å². The lowest BCUT2D eigenvalue weighted by Gasteiger charge is -2.11. The zero-order chi connectivity index (χ0) is 23.4. The molecule has 6 nitrogen and oxygen atoms in total. The lowest BCUT2D eigenvalue weighted by molar-refractivity contribution is 0.242. The van der Waals surface area contributed by atoms with Crippen molar-refractivity contribution in [1.82, 2.24) is 0 Å². The molecular formula is C27H27NO5. The minimum Gasteiger partial charge on any atom is -0.497 e. The standard InChI is InChI=1S/C27H27NO5/c1-17(2)32-20-9-7-19(8-10-20)28-23-16-26(18-6-12-25(30-4)27(14-18)31-5)33-24-13-11-21(29-3)15-22(23)24/h6-17H,1-5H3. The maximum atomic E-state index is 6.23. The molecule has 4 aromatic rings. The van der Waals surface area contributed by atoms with Gasteiger partial charge in [0.1, 0.15) is 22.8 Å². The smallest absolute Gasteiger partial charge is 0.161 e. The molecule has 0 atom stereocenters. The summed E-state index contributed by atoms with van der Waals surface area (Å²) >= 11 is 0. The SMILES string of the molecule is COc1ccc2oc(-c3ccc(OC)c(OC)c3)cc(=Nc3ccc(OC(C)C)cc3)c2c1. The fraction of sp³-hybridized carbons (Fsp3) is 0.222. The molecule has 0 unspecified atom stereocenters. The van der Waals surface area contributed by atoms with Gasteiger partial charge in [0.05, 0.1) is 38.5 Å². The largest absolute Gasteiger partial charge is 0.497 e. The first-order chi connectivity index (χ1) is 16.0. The summed E-state index contributed by atoms with van der Waals surface area (Å²) in [6.45, 7) is 4.00. The van der Waals surface area contributed by atoms with Crippen LogP contribution >= 0.6 is 0 Å². The van der Waals surface area contributed by atoms with Crippen LogP contribution in [0.5, 0.6) is 23.0 Å². The van der Waals surface area contributed by atoms with E-state index in [1.54, 1.807) is 21.3 Å². The number of ether oxygens (including phenoxy) is 4. The Balaban J connectivity index is 1.87. The van der Waals surface area contributed by atoms with Crippen LogP contribution in [-0.4, -0.2) is 27.4 Å². The highest BCUT2D eigenvalue weighted by Gasteiger charge is 2.11. The van der Waals surface area contributed by atoms with E-state index >= 15 is 0 Å². The van der Waals surface area contributed by atoms with Crippen LogP contribution in [0, 0.1) is 0 Å². The third-order valence-electron chi connectivity index (χ3n) is 5.08. The van der Waals surface area contributed by atoms with Crippen LogP contribution in [0.4, 0.5) is 5.69 Å². The van der Waals surface area contributed by atoms with Gasteiger partial charge in [-0.2, -0.15) is 0 Å². The maximum Gasteiger partial charge on any atom is 0.161 e. The quantitative estimate of drug-likeness (QED) is 0.342. The fourth-order valence-electron chi connectivity index (χ4n) is 3.51. The summed E-state index contributed by atoms with van der Waals surface area (Å²) in [5.74, 6) is 3.48. The van der Waals surface area contributed by atoms with Gasteiger partial charge in [-0.15, -0.1) is 0 Å². The minimum atomic E-state index is 0.115. The van der Waals surface area contributed by atoms with E-state index in [2.05, 4.69) is 0 Å². The Labute approximate surface area is 193 Å². The molecule has 0 amide bonds. The Bertz CT molecular complexity index is 1320. The summed E-state index contributed by atoms with van der Waals surface area (Å²) in [5, 5.41) is 1.61. The zero-order valence-electron chi connectivity index (χ0n) is 19.4. The van der Waals surface area contributed by atoms with Crippen molar-refractivity contribution in [2.24, 2.45) is 4.99 Å². The van der Waals surface area contributed by atoms with Gasteiger partial charge >= 0.3 is 0 Å². The van der Waals surface area contributed by atoms with E-state index in [1.807, 2.05) is 80.6 Å². The van der Waals surface area contributed by atoms with E-state index in [4.69, 9.17) is 28.4 Å². The van der Waals surface area contributed by atoms with E-state index in [1.165, 1.54) is 0 Å². The van der Waals surface area contributed by atoms with Crippen LogP contribution in [0.15, 0.2) is 76.1 Å². The average molecular weight is 446 g/mol. The van der Waals surface area contributed by atoms with Gasteiger partial charge < -0.3 is 23.4 Å². The van der Waals surface area contributed by atoms with E-state index in [9.17, 15) is 0 Å². The van der Waals surface area contributed by atoms with Crippen LogP contribution < -0.4 is 24.3 Å². The predicted octanol–water partition coefficient (Wildman–Crippen LogP) is 6.15. The fourth-order valence-corrected chi connectivity index (χ4v) is 3.51. The van der Waals surface area contributed by atoms with Crippen LogP contribution in [0.3, 0.4) is 0 Å². The molecule has 0 saturated heterocycles. The molecular weight excluding hydrogens is 418 g/mol. The van der Waals surface area contributed by atoms with Crippen molar-refractivity contribution in [3.05, 3.63) is 72.1 Å². The summed E-state index contributed by atoms with van der Waals surface area (Å²) < 4.78 is 28.2. The van der Waals surface area contributed by atoms with Crippen LogP contribution in [-0.2, 0) is 0 Å². The highest BCUT2D eigenvalue weighted by Crippen LogP contribution is 2.33. The number of hydrogen-bond donors (Lipinski definition) is 0. The molecule has 1 aromatic heterocycles. The zero-order valence-corrected chi connectivity index (χ0v) is 19.4. The number of fused-ring (bicyclic) bond motifs is 1. The number of nitrogens with zero attached hydrogens (tertiary/aromatic N) is 1. The molecule has 0 aliphatic carbocycles. The highest BCUT2D eigenvalue weighted by atomic mass is 16.5. The van der Waals surface area contributed by atoms with Gasteiger partial charge in [0, 0.05) is 17.0 Å². The molecule has 0 aliphatic rings. The summed E-state index contributed by atoms with van der Waals surface area (Å²) in [6, 6.07) is 21.0. The summed E-state index contributed by atoms with van der Waals surface area (Å²) in [5.41, 5.74) is 2.35. The molecule has 0 radical (unpaired) electrons. The molecule has 33 heavy (non-hydrogen) atoms. The first-order valence-electron chi connectivity index (χ1n) is 10.7. The summed E-state index contributed by atoms with van der Waals surface area (Å²) in [4.78, 5) is 4.90. The van der Waals surface area contributed by atoms with Gasteiger partial charge in [-0.3, -0.25) is 0 Å². The third kappa shape index (κ3) is 4.95. The maximum absolute atomic E-state index is 6.23. The molecule has 6 heteroatoms. The van der Waals surface area contributed by atoms with Crippen LogP contribution in [0.2, 0.25) is 0 Å². The van der Waals surface area contributed by atoms with Crippen molar-refractivity contribution in [3.8, 4) is 34.3 Å². The van der Waals surface area contributed by atoms with Gasteiger partial charge in [-0.1, -0.05) is 0 Å². The van der Waals surface area contributed by atoms with Gasteiger partial charge in [-0.25, -0.2) is 4.99 Å². The molecule has 0 spiro atoms. The topological polar surface area (TPSA) is 62.4 Å². The first-order valence-corrected chi connectivity index (χ1v) is 10.7. The second kappa shape index (κ2) is 9.69. The summed E-state index contributed by atoms with van der Waals surface area (Å²) in [6.07, 6.45) is 0.115. The monoisotopic (exact) mass is 445 g/mol. The first kappa shape index (κ1) is 22.3. The third-order valence-corrected chi connectivity index (χ3v) is 5.08. The molecule has 0 N–H and O–H groups in total. The Hall–Kier alpha value is -3.93. The van der Waals surface area contributed by atoms with Crippen molar-refractivity contribution >= 4 is 16.7 Å². The normalized spacial score (nSPS) is 11.6. The second-order valence-electron chi connectivity index (χ2n) is 7.70. The molecule has 4 rings (SSSR count). The van der Waals surface area contributed by atoms with E-state index in [0.29, 0.717) is 22.8 Å². The predicted molar refractivity (Wildman–Crippen MR) is 129 cm³/mol. The van der Waals surface area contributed by atoms with Gasteiger partial charge in [-0.05, 0) is 74.5 Å². The van der Waals surface area contributed by atoms with Crippen molar-refractivity contribution in [1.29, 1.82) is 0 Å². The molecule has 1 heterocycles. The number of hydrogen-bond acceptors (Lipinski definition) is 6. The van der Waals surface area contributed by atoms with Crippen molar-refractivity contribution in [3.63, 3.8) is 0 Å². The van der Waals surface area contributed by atoms with Crippen molar-refractivity contribution in [2.45, 2.75) is 20.0 Å². The van der Waals surface area contributed by atoms with Crippen molar-refractivity contribution in [2.75, 3.05) is 21.3 Å².